The van der Waals surface area contributed by atoms with E-state index in [-0.39, 0.29) is 0 Å². The van der Waals surface area contributed by atoms with Crippen molar-refractivity contribution in [2.24, 2.45) is 0 Å². The van der Waals surface area contributed by atoms with E-state index in [1.165, 1.54) is 19.3 Å². The van der Waals surface area contributed by atoms with Crippen molar-refractivity contribution in [3.63, 3.8) is 0 Å². The van der Waals surface area contributed by atoms with E-state index in [2.05, 4.69) is 0 Å². The van der Waals surface area contributed by atoms with Crippen molar-refractivity contribution in [2.45, 2.75) is 19.3 Å². The van der Waals surface area contributed by atoms with Gasteiger partial charge in [-0.15, -0.1) is 0 Å². The fourth-order valence-electron chi connectivity index (χ4n) is 1.11. The molecule has 0 amide bonds. The topological polar surface area (TPSA) is 3.24 Å². The first kappa shape index (κ1) is 9.28. The monoisotopic (exact) mass is 217 g/mol. The molecule has 10 heavy (non-hydrogen) atoms. The number of piperidine rings is 1. The summed E-state index contributed by atoms with van der Waals surface area (Å²) in [5.74, 6) is 0. The number of halogens is 2. The predicted octanol–water partition coefficient (Wildman–Crippen LogP) is 3.17. The molecule has 1 rings (SSSR count). The van der Waals surface area contributed by atoms with Gasteiger partial charge in [-0.3, -0.25) is 4.67 Å². The summed E-state index contributed by atoms with van der Waals surface area (Å²) in [6, 6.07) is 0. The first-order chi connectivity index (χ1) is 4.61. The third kappa shape index (κ3) is 2.67. The lowest BCUT2D eigenvalue weighted by Crippen LogP contribution is -2.23. The molecule has 5 heteroatoms. The van der Waals surface area contributed by atoms with Gasteiger partial charge in [0.05, 0.1) is 0 Å². The summed E-state index contributed by atoms with van der Waals surface area (Å²) in [5.41, 5.74) is 0. The van der Waals surface area contributed by atoms with Gasteiger partial charge >= 0.3 is 0 Å². The van der Waals surface area contributed by atoms with Crippen molar-refractivity contribution in [1.29, 1.82) is 0 Å². The minimum absolute atomic E-state index is 0.990. The van der Waals surface area contributed by atoms with Gasteiger partial charge in [-0.2, -0.15) is 0 Å². The van der Waals surface area contributed by atoms with Crippen LogP contribution in [0.15, 0.2) is 0 Å². The highest BCUT2D eigenvalue weighted by molar-refractivity contribution is 8.37. The van der Waals surface area contributed by atoms with Gasteiger partial charge in [0.15, 0.2) is 4.89 Å². The van der Waals surface area contributed by atoms with E-state index in [0.717, 1.165) is 13.1 Å². The molecule has 1 fully saturated rings. The number of hydrogen-bond donors (Lipinski definition) is 0. The quantitative estimate of drug-likeness (QED) is 0.622. The van der Waals surface area contributed by atoms with Crippen LogP contribution in [0.2, 0.25) is 0 Å². The molecule has 0 radical (unpaired) electrons. The molecular formula is C5H10Cl2NPS. The van der Waals surface area contributed by atoms with Crippen LogP contribution in [0.25, 0.3) is 0 Å². The van der Waals surface area contributed by atoms with Crippen LogP contribution in [0.1, 0.15) is 19.3 Å². The molecule has 0 aliphatic carbocycles. The first-order valence-corrected chi connectivity index (χ1v) is 7.92. The molecule has 0 N–H and O–H groups in total. The summed E-state index contributed by atoms with van der Waals surface area (Å²) < 4.78 is 2.04. The van der Waals surface area contributed by atoms with Crippen LogP contribution in [-0.4, -0.2) is 17.8 Å². The Kier molecular flexibility index (Phi) is 3.46. The third-order valence-electron chi connectivity index (χ3n) is 1.66. The van der Waals surface area contributed by atoms with Crippen molar-refractivity contribution in [2.75, 3.05) is 13.1 Å². The average Bonchev–Trinajstić information content (AvgIpc) is 1.88. The second-order valence-electron chi connectivity index (χ2n) is 2.45. The zero-order valence-electron chi connectivity index (χ0n) is 5.59. The van der Waals surface area contributed by atoms with E-state index in [0.29, 0.717) is 0 Å². The van der Waals surface area contributed by atoms with Gasteiger partial charge in [0.25, 0.3) is 0 Å². The van der Waals surface area contributed by atoms with Crippen LogP contribution in [-0.2, 0) is 11.8 Å². The second-order valence-corrected chi connectivity index (χ2v) is 10.1. The van der Waals surface area contributed by atoms with E-state index in [9.17, 15) is 0 Å². The van der Waals surface area contributed by atoms with Crippen molar-refractivity contribution < 1.29 is 0 Å². The third-order valence-corrected chi connectivity index (χ3v) is 4.70. The Labute approximate surface area is 76.3 Å². The maximum Gasteiger partial charge on any atom is 0.183 e. The van der Waals surface area contributed by atoms with Crippen LogP contribution in [0.5, 0.6) is 0 Å². The normalized spacial score (nSPS) is 23.0. The highest BCUT2D eigenvalue weighted by Gasteiger charge is 2.21. The lowest BCUT2D eigenvalue weighted by molar-refractivity contribution is 0.375. The van der Waals surface area contributed by atoms with Gasteiger partial charge in [0.1, 0.15) is 0 Å². The van der Waals surface area contributed by atoms with Gasteiger partial charge in [0.2, 0.25) is 0 Å². The van der Waals surface area contributed by atoms with Gasteiger partial charge < -0.3 is 0 Å². The van der Waals surface area contributed by atoms with Crippen LogP contribution in [0, 0.1) is 0 Å². The van der Waals surface area contributed by atoms with Crippen LogP contribution in [0.4, 0.5) is 0 Å². The number of hydrogen-bond acceptors (Lipinski definition) is 1. The Morgan fingerprint density at radius 2 is 1.60 bits per heavy atom. The molecule has 60 valence electrons. The fraction of sp³-hybridized carbons (Fsp3) is 1.00. The summed E-state index contributed by atoms with van der Waals surface area (Å²) in [6.45, 7) is 1.98. The molecule has 0 spiro atoms. The SMILES string of the molecule is S=P(Cl)(Cl)N1CCCCC1. The molecule has 0 aromatic rings. The fourth-order valence-corrected chi connectivity index (χ4v) is 3.26. The molecule has 0 saturated carbocycles. The minimum Gasteiger partial charge on any atom is -0.252 e. The lowest BCUT2D eigenvalue weighted by atomic mass is 10.2. The molecule has 0 unspecified atom stereocenters. The molecule has 0 atom stereocenters. The van der Waals surface area contributed by atoms with E-state index in [4.69, 9.17) is 34.3 Å². The van der Waals surface area contributed by atoms with E-state index in [1.54, 1.807) is 0 Å². The zero-order valence-corrected chi connectivity index (χ0v) is 8.82. The van der Waals surface area contributed by atoms with Crippen LogP contribution in [0.3, 0.4) is 0 Å². The van der Waals surface area contributed by atoms with Gasteiger partial charge in [-0.05, 0) is 24.6 Å². The van der Waals surface area contributed by atoms with Gasteiger partial charge in [0, 0.05) is 13.1 Å². The highest BCUT2D eigenvalue weighted by Crippen LogP contribution is 2.60. The molecule has 1 aliphatic heterocycles. The largest absolute Gasteiger partial charge is 0.252 e. The van der Waals surface area contributed by atoms with Crippen molar-refractivity contribution in [3.8, 4) is 0 Å². The number of nitrogens with zero attached hydrogens (tertiary/aromatic N) is 1. The Bertz CT molecular complexity index is 152. The van der Waals surface area contributed by atoms with Crippen molar-refractivity contribution >= 4 is 39.2 Å². The summed E-state index contributed by atoms with van der Waals surface area (Å²) in [6.07, 6.45) is 3.68. The van der Waals surface area contributed by atoms with Crippen LogP contribution >= 0.6 is 27.4 Å². The van der Waals surface area contributed by atoms with E-state index >= 15 is 0 Å². The zero-order chi connectivity index (χ0) is 7.61. The maximum absolute atomic E-state index is 5.83. The van der Waals surface area contributed by atoms with Crippen molar-refractivity contribution in [3.05, 3.63) is 0 Å². The summed E-state index contributed by atoms with van der Waals surface area (Å²) in [5, 5.41) is 0. The molecule has 1 nitrogen and oxygen atoms in total. The molecule has 0 aromatic carbocycles. The molecular weight excluding hydrogens is 208 g/mol. The average molecular weight is 218 g/mol. The maximum atomic E-state index is 5.83. The molecule has 0 aromatic heterocycles. The van der Waals surface area contributed by atoms with Gasteiger partial charge in [-0.1, -0.05) is 28.9 Å². The summed E-state index contributed by atoms with van der Waals surface area (Å²) >= 11 is 16.6. The predicted molar refractivity (Wildman–Crippen MR) is 51.4 cm³/mol. The Morgan fingerprint density at radius 1 is 1.10 bits per heavy atom. The smallest absolute Gasteiger partial charge is 0.183 e. The minimum atomic E-state index is -2.13. The highest BCUT2D eigenvalue weighted by atomic mass is 35.9. The van der Waals surface area contributed by atoms with Gasteiger partial charge in [-0.25, -0.2) is 0 Å². The molecule has 1 aliphatic rings. The number of rotatable bonds is 1. The Morgan fingerprint density at radius 3 is 1.90 bits per heavy atom. The standard InChI is InChI=1S/C5H10Cl2NPS/c6-9(7,10)8-4-2-1-3-5-8/h1-5H2. The molecule has 1 heterocycles. The molecule has 1 saturated heterocycles. The summed E-state index contributed by atoms with van der Waals surface area (Å²) in [7, 11) is 0. The van der Waals surface area contributed by atoms with E-state index < -0.39 is 4.89 Å². The second kappa shape index (κ2) is 3.73. The summed E-state index contributed by atoms with van der Waals surface area (Å²) in [4.78, 5) is -2.13. The lowest BCUT2D eigenvalue weighted by Gasteiger charge is -2.28. The Hall–Kier alpha value is 1.19. The molecule has 0 bridgehead atoms. The van der Waals surface area contributed by atoms with Crippen molar-refractivity contribution in [1.82, 2.24) is 4.67 Å². The van der Waals surface area contributed by atoms with E-state index in [1.807, 2.05) is 4.67 Å². The van der Waals surface area contributed by atoms with Crippen LogP contribution < -0.4 is 0 Å². The Balaban J connectivity index is 2.47. The first-order valence-electron chi connectivity index (χ1n) is 3.35.